The number of aliphatic carboxylic acids is 2. The summed E-state index contributed by atoms with van der Waals surface area (Å²) in [6.07, 6.45) is 14.4. The van der Waals surface area contributed by atoms with E-state index in [9.17, 15) is 19.2 Å². The van der Waals surface area contributed by atoms with Gasteiger partial charge in [-0.05, 0) is 19.3 Å². The fraction of sp³-hybridized carbons (Fsp3) is 0.810. The van der Waals surface area contributed by atoms with Crippen LogP contribution in [-0.2, 0) is 19.2 Å². The van der Waals surface area contributed by atoms with Gasteiger partial charge in [0.2, 0.25) is 5.91 Å². The van der Waals surface area contributed by atoms with Gasteiger partial charge < -0.3 is 20.3 Å². The highest BCUT2D eigenvalue weighted by molar-refractivity contribution is 5.86. The molecule has 1 unspecified atom stereocenters. The van der Waals surface area contributed by atoms with E-state index in [2.05, 4.69) is 5.32 Å². The van der Waals surface area contributed by atoms with Crippen molar-refractivity contribution in [1.29, 1.82) is 0 Å². The van der Waals surface area contributed by atoms with Gasteiger partial charge in [-0.2, -0.15) is 0 Å². The number of carboxylic acid groups (broad SMARTS) is 2. The lowest BCUT2D eigenvalue weighted by molar-refractivity contribution is -0.144. The minimum absolute atomic E-state index is 0.0848. The summed E-state index contributed by atoms with van der Waals surface area (Å²) in [5.41, 5.74) is 0. The average Bonchev–Trinajstić information content (AvgIpc) is 2.64. The van der Waals surface area contributed by atoms with Crippen molar-refractivity contribution in [3.05, 3.63) is 0 Å². The molecule has 0 aliphatic rings. The van der Waals surface area contributed by atoms with Gasteiger partial charge in [-0.1, -0.05) is 64.2 Å². The van der Waals surface area contributed by atoms with Crippen molar-refractivity contribution in [1.82, 2.24) is 5.32 Å². The molecule has 7 nitrogen and oxygen atoms in total. The maximum Gasteiger partial charge on any atom is 0.313 e. The van der Waals surface area contributed by atoms with Crippen LogP contribution in [0.2, 0.25) is 0 Å². The van der Waals surface area contributed by atoms with Crippen LogP contribution in [0.15, 0.2) is 0 Å². The highest BCUT2D eigenvalue weighted by Crippen LogP contribution is 2.13. The van der Waals surface area contributed by atoms with Crippen LogP contribution in [0.4, 0.5) is 0 Å². The van der Waals surface area contributed by atoms with Gasteiger partial charge in [0.15, 0.2) is 0 Å². The number of rotatable bonds is 20. The van der Waals surface area contributed by atoms with E-state index in [-0.39, 0.29) is 25.3 Å². The standard InChI is InChI=1S/C21H37NO6/c23-17-18(21(27)28)15-16-22-19(24)13-11-9-7-5-3-1-2-4-6-8-10-12-14-20(25)26/h17-18H,1-16H2,(H,22,24)(H,25,26)(H,27,28). The molecule has 0 radical (unpaired) electrons. The first kappa shape index (κ1) is 26.1. The van der Waals surface area contributed by atoms with Gasteiger partial charge in [0, 0.05) is 19.4 Å². The van der Waals surface area contributed by atoms with Gasteiger partial charge in [0.05, 0.1) is 0 Å². The summed E-state index contributed by atoms with van der Waals surface area (Å²) < 4.78 is 0. The molecular formula is C21H37NO6. The Morgan fingerprint density at radius 1 is 0.714 bits per heavy atom. The zero-order valence-electron chi connectivity index (χ0n) is 17.0. The number of hydrogen-bond donors (Lipinski definition) is 3. The molecule has 0 heterocycles. The van der Waals surface area contributed by atoms with Crippen molar-refractivity contribution in [3.63, 3.8) is 0 Å². The quantitative estimate of drug-likeness (QED) is 0.162. The van der Waals surface area contributed by atoms with E-state index in [1.807, 2.05) is 0 Å². The summed E-state index contributed by atoms with van der Waals surface area (Å²) in [5, 5.41) is 19.9. The van der Waals surface area contributed by atoms with E-state index in [1.165, 1.54) is 38.5 Å². The summed E-state index contributed by atoms with van der Waals surface area (Å²) in [6.45, 7) is 0.216. The molecule has 0 aromatic heterocycles. The largest absolute Gasteiger partial charge is 0.481 e. The summed E-state index contributed by atoms with van der Waals surface area (Å²) >= 11 is 0. The van der Waals surface area contributed by atoms with Crippen molar-refractivity contribution in [3.8, 4) is 0 Å². The second-order valence-corrected chi connectivity index (χ2v) is 7.36. The van der Waals surface area contributed by atoms with Crippen molar-refractivity contribution in [2.45, 2.75) is 96.3 Å². The highest BCUT2D eigenvalue weighted by atomic mass is 16.4. The Kier molecular flexibility index (Phi) is 17.2. The minimum atomic E-state index is -1.15. The molecular weight excluding hydrogens is 362 g/mol. The molecule has 162 valence electrons. The first-order chi connectivity index (χ1) is 13.5. The topological polar surface area (TPSA) is 121 Å². The lowest BCUT2D eigenvalue weighted by atomic mass is 10.0. The van der Waals surface area contributed by atoms with Gasteiger partial charge in [-0.25, -0.2) is 0 Å². The van der Waals surface area contributed by atoms with Crippen LogP contribution < -0.4 is 5.32 Å². The smallest absolute Gasteiger partial charge is 0.313 e. The van der Waals surface area contributed by atoms with E-state index in [1.54, 1.807) is 0 Å². The summed E-state index contributed by atoms with van der Waals surface area (Å²) in [7, 11) is 0. The summed E-state index contributed by atoms with van der Waals surface area (Å²) in [5.74, 6) is -2.99. The van der Waals surface area contributed by atoms with Crippen LogP contribution >= 0.6 is 0 Å². The van der Waals surface area contributed by atoms with Crippen LogP contribution in [0.25, 0.3) is 0 Å². The molecule has 0 aliphatic carbocycles. The van der Waals surface area contributed by atoms with Gasteiger partial charge in [-0.15, -0.1) is 0 Å². The fourth-order valence-electron chi connectivity index (χ4n) is 3.03. The molecule has 0 rings (SSSR count). The maximum atomic E-state index is 11.6. The Morgan fingerprint density at radius 3 is 1.54 bits per heavy atom. The Bertz CT molecular complexity index is 452. The zero-order valence-corrected chi connectivity index (χ0v) is 17.0. The molecule has 0 saturated carbocycles. The van der Waals surface area contributed by atoms with Crippen molar-refractivity contribution in [2.75, 3.05) is 6.54 Å². The van der Waals surface area contributed by atoms with Crippen LogP contribution in [0, 0.1) is 5.92 Å². The highest BCUT2D eigenvalue weighted by Gasteiger charge is 2.15. The van der Waals surface area contributed by atoms with Gasteiger partial charge in [-0.3, -0.25) is 14.4 Å². The van der Waals surface area contributed by atoms with Crippen LogP contribution in [0.3, 0.4) is 0 Å². The maximum absolute atomic E-state index is 11.6. The molecule has 7 heteroatoms. The van der Waals surface area contributed by atoms with Gasteiger partial charge in [0.1, 0.15) is 12.2 Å². The number of carboxylic acids is 2. The van der Waals surface area contributed by atoms with Gasteiger partial charge >= 0.3 is 11.9 Å². The van der Waals surface area contributed by atoms with E-state index in [0.717, 1.165) is 38.5 Å². The van der Waals surface area contributed by atoms with E-state index >= 15 is 0 Å². The zero-order chi connectivity index (χ0) is 21.0. The third-order valence-corrected chi connectivity index (χ3v) is 4.80. The third kappa shape index (κ3) is 17.5. The lowest BCUT2D eigenvalue weighted by Crippen LogP contribution is -2.28. The number of carbonyl (C=O) groups excluding carboxylic acids is 2. The normalized spacial score (nSPS) is 11.7. The Hall–Kier alpha value is -1.92. The Labute approximate surface area is 168 Å². The minimum Gasteiger partial charge on any atom is -0.481 e. The predicted molar refractivity (Wildman–Crippen MR) is 107 cm³/mol. The number of unbranched alkanes of at least 4 members (excludes halogenated alkanes) is 11. The SMILES string of the molecule is O=CC(CCNC(=O)CCCCCCCCCCCCCCC(=O)O)C(=O)O. The number of amides is 1. The van der Waals surface area contributed by atoms with Crippen molar-refractivity contribution in [2.24, 2.45) is 5.92 Å². The van der Waals surface area contributed by atoms with Crippen molar-refractivity contribution < 1.29 is 29.4 Å². The molecule has 28 heavy (non-hydrogen) atoms. The molecule has 0 aromatic carbocycles. The van der Waals surface area contributed by atoms with E-state index < -0.39 is 17.9 Å². The summed E-state index contributed by atoms with van der Waals surface area (Å²) in [6, 6.07) is 0. The first-order valence-electron chi connectivity index (χ1n) is 10.6. The first-order valence-corrected chi connectivity index (χ1v) is 10.6. The Morgan fingerprint density at radius 2 is 1.14 bits per heavy atom. The second kappa shape index (κ2) is 18.4. The van der Waals surface area contributed by atoms with E-state index in [0.29, 0.717) is 12.7 Å². The molecule has 3 N–H and O–H groups in total. The molecule has 0 fully saturated rings. The molecule has 0 bridgehead atoms. The third-order valence-electron chi connectivity index (χ3n) is 4.80. The number of nitrogens with one attached hydrogen (secondary N) is 1. The molecule has 0 saturated heterocycles. The fourth-order valence-corrected chi connectivity index (χ4v) is 3.03. The predicted octanol–water partition coefficient (Wildman–Crippen LogP) is 3.94. The van der Waals surface area contributed by atoms with Gasteiger partial charge in [0.25, 0.3) is 0 Å². The summed E-state index contributed by atoms with van der Waals surface area (Å²) in [4.78, 5) is 43.2. The lowest BCUT2D eigenvalue weighted by Gasteiger charge is -2.07. The van der Waals surface area contributed by atoms with Crippen LogP contribution in [0.1, 0.15) is 96.3 Å². The average molecular weight is 400 g/mol. The second-order valence-electron chi connectivity index (χ2n) is 7.36. The van der Waals surface area contributed by atoms with Crippen LogP contribution in [0.5, 0.6) is 0 Å². The number of carbonyl (C=O) groups is 4. The molecule has 1 atom stereocenters. The monoisotopic (exact) mass is 399 g/mol. The Balaban J connectivity index is 3.30. The number of aldehydes is 1. The van der Waals surface area contributed by atoms with Crippen LogP contribution in [-0.4, -0.2) is 40.9 Å². The number of hydrogen-bond acceptors (Lipinski definition) is 4. The van der Waals surface area contributed by atoms with E-state index in [4.69, 9.17) is 10.2 Å². The molecule has 1 amide bonds. The molecule has 0 aromatic rings. The van der Waals surface area contributed by atoms with Crippen molar-refractivity contribution >= 4 is 24.1 Å². The molecule has 0 spiro atoms. The molecule has 0 aliphatic heterocycles.